The van der Waals surface area contributed by atoms with Crippen LogP contribution in [-0.2, 0) is 21.2 Å². The molecular weight excluding hydrogens is 515 g/mol. The Morgan fingerprint density at radius 2 is 1.93 bits per heavy atom. The summed E-state index contributed by atoms with van der Waals surface area (Å²) in [5.41, 5.74) is 1.21. The van der Waals surface area contributed by atoms with Gasteiger partial charge in [0.25, 0.3) is 0 Å². The van der Waals surface area contributed by atoms with Crippen molar-refractivity contribution in [3.63, 3.8) is 0 Å². The fourth-order valence-corrected chi connectivity index (χ4v) is 5.05. The molecule has 9 heteroatoms. The Balaban J connectivity index is 0.00000320. The maximum absolute atomic E-state index is 11.5. The van der Waals surface area contributed by atoms with E-state index in [1.54, 1.807) is 0 Å². The van der Waals surface area contributed by atoms with E-state index in [4.69, 9.17) is 9.73 Å². The van der Waals surface area contributed by atoms with E-state index in [9.17, 15) is 8.42 Å². The molecule has 0 saturated carbocycles. The van der Waals surface area contributed by atoms with Gasteiger partial charge in [-0.25, -0.2) is 8.42 Å². The molecule has 0 bridgehead atoms. The quantitative estimate of drug-likeness (QED) is 0.303. The van der Waals surface area contributed by atoms with Crippen LogP contribution in [0.25, 0.3) is 0 Å². The number of nitrogens with one attached hydrogen (secondary N) is 1. The van der Waals surface area contributed by atoms with Gasteiger partial charge in [0.1, 0.15) is 0 Å². The van der Waals surface area contributed by atoms with Crippen LogP contribution in [0.4, 0.5) is 0 Å². The van der Waals surface area contributed by atoms with E-state index in [0.717, 1.165) is 45.2 Å². The van der Waals surface area contributed by atoms with Gasteiger partial charge in [-0.3, -0.25) is 9.89 Å². The standard InChI is InChI=1S/C21H34N4O3S.HI/c1-2-22-21(23-9-11-24-12-14-29(26,27)15-13-24)25-10-8-20(16-25)18-28-17-19-6-4-3-5-7-19;/h3-7,20H,2,8-18H2,1H3,(H,22,23);1H. The minimum Gasteiger partial charge on any atom is -0.376 e. The number of nitrogens with zero attached hydrogens (tertiary/aromatic N) is 3. The number of aliphatic imine (C=N–C) groups is 1. The molecule has 0 aromatic heterocycles. The topological polar surface area (TPSA) is 74.2 Å². The summed E-state index contributed by atoms with van der Waals surface area (Å²) in [6, 6.07) is 10.3. The van der Waals surface area contributed by atoms with Crippen LogP contribution in [-0.4, -0.2) is 88.1 Å². The van der Waals surface area contributed by atoms with Gasteiger partial charge in [-0.2, -0.15) is 0 Å². The number of halogens is 1. The number of benzene rings is 1. The van der Waals surface area contributed by atoms with Gasteiger partial charge in [0, 0.05) is 45.2 Å². The Hall–Kier alpha value is -0.910. The van der Waals surface area contributed by atoms with Gasteiger partial charge >= 0.3 is 0 Å². The van der Waals surface area contributed by atoms with Crippen LogP contribution >= 0.6 is 24.0 Å². The lowest BCUT2D eigenvalue weighted by atomic mass is 10.1. The minimum atomic E-state index is -2.82. The van der Waals surface area contributed by atoms with Crippen molar-refractivity contribution in [1.29, 1.82) is 0 Å². The van der Waals surface area contributed by atoms with Crippen LogP contribution < -0.4 is 5.32 Å². The normalized spacial score (nSPS) is 22.0. The molecule has 0 aliphatic carbocycles. The smallest absolute Gasteiger partial charge is 0.193 e. The van der Waals surface area contributed by atoms with Gasteiger partial charge in [-0.15, -0.1) is 24.0 Å². The van der Waals surface area contributed by atoms with E-state index in [-0.39, 0.29) is 35.5 Å². The van der Waals surface area contributed by atoms with Crippen LogP contribution in [0.15, 0.2) is 35.3 Å². The summed E-state index contributed by atoms with van der Waals surface area (Å²) in [6.45, 7) is 9.06. The van der Waals surface area contributed by atoms with Crippen molar-refractivity contribution in [3.8, 4) is 0 Å². The summed E-state index contributed by atoms with van der Waals surface area (Å²) >= 11 is 0. The van der Waals surface area contributed by atoms with Gasteiger partial charge in [0.05, 0.1) is 31.3 Å². The lowest BCUT2D eigenvalue weighted by Crippen LogP contribution is -2.43. The molecule has 1 aromatic rings. The van der Waals surface area contributed by atoms with E-state index < -0.39 is 9.84 Å². The summed E-state index contributed by atoms with van der Waals surface area (Å²) in [7, 11) is -2.82. The van der Waals surface area contributed by atoms with Crippen LogP contribution in [0.3, 0.4) is 0 Å². The molecule has 30 heavy (non-hydrogen) atoms. The number of sulfone groups is 1. The predicted molar refractivity (Wildman–Crippen MR) is 132 cm³/mol. The van der Waals surface area contributed by atoms with Crippen LogP contribution in [0.2, 0.25) is 0 Å². The number of ether oxygens (including phenoxy) is 1. The third-order valence-electron chi connectivity index (χ3n) is 5.50. The van der Waals surface area contributed by atoms with E-state index in [1.807, 2.05) is 18.2 Å². The SMILES string of the molecule is CCNC(=NCCN1CCS(=O)(=O)CC1)N1CCC(COCc2ccccc2)C1.I. The lowest BCUT2D eigenvalue weighted by Gasteiger charge is -2.26. The highest BCUT2D eigenvalue weighted by Gasteiger charge is 2.25. The summed E-state index contributed by atoms with van der Waals surface area (Å²) < 4.78 is 29.0. The van der Waals surface area contributed by atoms with Crippen molar-refractivity contribution in [2.45, 2.75) is 20.0 Å². The Morgan fingerprint density at radius 3 is 2.63 bits per heavy atom. The molecule has 2 aliphatic rings. The minimum absolute atomic E-state index is 0. The average molecular weight is 551 g/mol. The fourth-order valence-electron chi connectivity index (χ4n) is 3.78. The van der Waals surface area contributed by atoms with E-state index in [2.05, 4.69) is 34.2 Å². The number of guanidine groups is 1. The molecule has 0 amide bonds. The number of hydrogen-bond acceptors (Lipinski definition) is 5. The summed E-state index contributed by atoms with van der Waals surface area (Å²) in [5.74, 6) is 2.03. The molecule has 1 N–H and O–H groups in total. The van der Waals surface area contributed by atoms with Crippen molar-refractivity contribution in [2.75, 3.05) is 63.9 Å². The second kappa shape index (κ2) is 12.8. The lowest BCUT2D eigenvalue weighted by molar-refractivity contribution is 0.0906. The second-order valence-corrected chi connectivity index (χ2v) is 10.1. The van der Waals surface area contributed by atoms with Crippen LogP contribution in [0.1, 0.15) is 18.9 Å². The maximum Gasteiger partial charge on any atom is 0.193 e. The molecule has 0 radical (unpaired) electrons. The molecule has 1 unspecified atom stereocenters. The zero-order chi connectivity index (χ0) is 20.5. The zero-order valence-electron chi connectivity index (χ0n) is 17.8. The molecule has 0 spiro atoms. The van der Waals surface area contributed by atoms with Crippen molar-refractivity contribution in [2.24, 2.45) is 10.9 Å². The van der Waals surface area contributed by atoms with Gasteiger partial charge in [0.2, 0.25) is 0 Å². The van der Waals surface area contributed by atoms with Crippen LogP contribution in [0, 0.1) is 5.92 Å². The number of rotatable bonds is 8. The predicted octanol–water partition coefficient (Wildman–Crippen LogP) is 1.84. The van der Waals surface area contributed by atoms with Crippen LogP contribution in [0.5, 0.6) is 0 Å². The average Bonchev–Trinajstić information content (AvgIpc) is 3.18. The first-order valence-electron chi connectivity index (χ1n) is 10.6. The maximum atomic E-state index is 11.5. The molecule has 3 rings (SSSR count). The zero-order valence-corrected chi connectivity index (χ0v) is 21.0. The molecule has 2 fully saturated rings. The first-order chi connectivity index (χ1) is 14.1. The molecule has 2 saturated heterocycles. The molecular formula is C21H35IN4O3S. The molecule has 170 valence electrons. The highest BCUT2D eigenvalue weighted by molar-refractivity contribution is 14.0. The molecule has 1 atom stereocenters. The van der Waals surface area contributed by atoms with Gasteiger partial charge in [-0.05, 0) is 18.9 Å². The Morgan fingerprint density at radius 1 is 1.20 bits per heavy atom. The van der Waals surface area contributed by atoms with E-state index in [1.165, 1.54) is 5.56 Å². The van der Waals surface area contributed by atoms with Crippen molar-refractivity contribution < 1.29 is 13.2 Å². The number of hydrogen-bond donors (Lipinski definition) is 1. The van der Waals surface area contributed by atoms with Crippen molar-refractivity contribution in [1.82, 2.24) is 15.1 Å². The Kier molecular flexibility index (Phi) is 10.8. The Labute approximate surface area is 198 Å². The third kappa shape index (κ3) is 8.32. The van der Waals surface area contributed by atoms with Crippen molar-refractivity contribution >= 4 is 39.8 Å². The molecule has 2 aliphatic heterocycles. The number of likely N-dealkylation sites (tertiary alicyclic amines) is 1. The summed E-state index contributed by atoms with van der Waals surface area (Å²) in [5, 5.41) is 3.40. The van der Waals surface area contributed by atoms with E-state index in [0.29, 0.717) is 32.2 Å². The van der Waals surface area contributed by atoms with E-state index >= 15 is 0 Å². The molecule has 7 nitrogen and oxygen atoms in total. The highest BCUT2D eigenvalue weighted by Crippen LogP contribution is 2.17. The Bertz CT molecular complexity index is 747. The van der Waals surface area contributed by atoms with Gasteiger partial charge in [-0.1, -0.05) is 30.3 Å². The van der Waals surface area contributed by atoms with Gasteiger partial charge in [0.15, 0.2) is 15.8 Å². The van der Waals surface area contributed by atoms with Gasteiger partial charge < -0.3 is 15.0 Å². The summed E-state index contributed by atoms with van der Waals surface area (Å²) in [6.07, 6.45) is 1.11. The monoisotopic (exact) mass is 550 g/mol. The summed E-state index contributed by atoms with van der Waals surface area (Å²) in [4.78, 5) is 9.30. The van der Waals surface area contributed by atoms with Crippen molar-refractivity contribution in [3.05, 3.63) is 35.9 Å². The second-order valence-electron chi connectivity index (χ2n) is 7.83. The first-order valence-corrected chi connectivity index (χ1v) is 12.5. The third-order valence-corrected chi connectivity index (χ3v) is 7.11. The molecule has 1 aromatic carbocycles. The molecule has 2 heterocycles. The first kappa shape index (κ1) is 25.4. The highest BCUT2D eigenvalue weighted by atomic mass is 127. The largest absolute Gasteiger partial charge is 0.376 e. The fraction of sp³-hybridized carbons (Fsp3) is 0.667.